The van der Waals surface area contributed by atoms with Crippen LogP contribution in [-0.2, 0) is 6.54 Å². The summed E-state index contributed by atoms with van der Waals surface area (Å²) < 4.78 is 6.70. The van der Waals surface area contributed by atoms with E-state index in [4.69, 9.17) is 4.74 Å². The van der Waals surface area contributed by atoms with Crippen LogP contribution in [0.25, 0.3) is 0 Å². The first-order chi connectivity index (χ1) is 11.4. The molecule has 0 aliphatic heterocycles. The predicted molar refractivity (Wildman–Crippen MR) is 100 cm³/mol. The van der Waals surface area contributed by atoms with Crippen molar-refractivity contribution in [2.75, 3.05) is 0 Å². The highest BCUT2D eigenvalue weighted by atomic mass is 79.9. The molecule has 0 saturated carbocycles. The Hall–Kier alpha value is -2.01. The van der Waals surface area contributed by atoms with Crippen LogP contribution in [0.3, 0.4) is 0 Å². The van der Waals surface area contributed by atoms with Gasteiger partial charge in [-0.15, -0.1) is 0 Å². The molecule has 1 atom stereocenters. The minimum atomic E-state index is -0.419. The maximum Gasteiger partial charge on any atom is 0.317 e. The number of carbonyl (C=O) groups is 1. The van der Waals surface area contributed by atoms with Crippen molar-refractivity contribution >= 4 is 22.0 Å². The van der Waals surface area contributed by atoms with Gasteiger partial charge in [0.2, 0.25) is 0 Å². The summed E-state index contributed by atoms with van der Waals surface area (Å²) in [5, 5.41) is 5.58. The summed E-state index contributed by atoms with van der Waals surface area (Å²) in [5.41, 5.74) is 2.28. The van der Waals surface area contributed by atoms with E-state index in [1.54, 1.807) is 6.92 Å². The van der Waals surface area contributed by atoms with Crippen LogP contribution in [-0.4, -0.2) is 12.3 Å². The van der Waals surface area contributed by atoms with Crippen molar-refractivity contribution in [3.8, 4) is 5.75 Å². The van der Waals surface area contributed by atoms with Gasteiger partial charge in [-0.2, -0.15) is 0 Å². The summed E-state index contributed by atoms with van der Waals surface area (Å²) in [5.74, 6) is 1.22. The molecular formula is C19H23BrN2O2. The lowest BCUT2D eigenvalue weighted by Crippen LogP contribution is -2.43. The standard InChI is InChI=1S/C19H23BrN2O2/c1-13(2)16-7-9-18(10-8-16)24-14(3)22-19(23)21-12-15-5-4-6-17(20)11-15/h4-11,13-14H,12H2,1-3H3,(H2,21,22,23). The van der Waals surface area contributed by atoms with E-state index in [2.05, 4.69) is 40.4 Å². The van der Waals surface area contributed by atoms with Gasteiger partial charge in [0.25, 0.3) is 0 Å². The average molecular weight is 391 g/mol. The molecular weight excluding hydrogens is 368 g/mol. The maximum atomic E-state index is 11.9. The van der Waals surface area contributed by atoms with Gasteiger partial charge < -0.3 is 15.4 Å². The van der Waals surface area contributed by atoms with Crippen molar-refractivity contribution in [2.45, 2.75) is 39.5 Å². The molecule has 0 fully saturated rings. The molecule has 0 radical (unpaired) electrons. The average Bonchev–Trinajstić information content (AvgIpc) is 2.53. The Bertz CT molecular complexity index is 671. The zero-order chi connectivity index (χ0) is 17.5. The van der Waals surface area contributed by atoms with Crippen LogP contribution in [0.4, 0.5) is 4.79 Å². The first-order valence-corrected chi connectivity index (χ1v) is 8.79. The summed E-state index contributed by atoms with van der Waals surface area (Å²) in [6.45, 7) is 6.56. The lowest BCUT2D eigenvalue weighted by Gasteiger charge is -2.17. The predicted octanol–water partition coefficient (Wildman–Crippen LogP) is 4.80. The number of ether oxygens (including phenoxy) is 1. The summed E-state index contributed by atoms with van der Waals surface area (Å²) >= 11 is 3.41. The largest absolute Gasteiger partial charge is 0.471 e. The Kier molecular flexibility index (Phi) is 6.67. The van der Waals surface area contributed by atoms with Crippen LogP contribution < -0.4 is 15.4 Å². The van der Waals surface area contributed by atoms with E-state index in [1.807, 2.05) is 48.5 Å². The molecule has 2 amide bonds. The van der Waals surface area contributed by atoms with Gasteiger partial charge >= 0.3 is 6.03 Å². The van der Waals surface area contributed by atoms with Crippen LogP contribution in [0.1, 0.15) is 37.8 Å². The number of carbonyl (C=O) groups excluding carboxylic acids is 1. The third kappa shape index (κ3) is 5.89. The minimum Gasteiger partial charge on any atom is -0.471 e. The highest BCUT2D eigenvalue weighted by molar-refractivity contribution is 9.10. The normalized spacial score (nSPS) is 11.9. The highest BCUT2D eigenvalue weighted by Crippen LogP contribution is 2.19. The lowest BCUT2D eigenvalue weighted by molar-refractivity contribution is 0.177. The number of benzene rings is 2. The Labute approximate surface area is 151 Å². The maximum absolute atomic E-state index is 11.9. The second-order valence-corrected chi connectivity index (χ2v) is 6.86. The van der Waals surface area contributed by atoms with Crippen LogP contribution >= 0.6 is 15.9 Å². The van der Waals surface area contributed by atoms with Crippen molar-refractivity contribution in [1.29, 1.82) is 0 Å². The summed E-state index contributed by atoms with van der Waals surface area (Å²) in [6.07, 6.45) is -0.419. The van der Waals surface area contributed by atoms with Crippen molar-refractivity contribution in [3.63, 3.8) is 0 Å². The molecule has 2 aromatic rings. The fourth-order valence-electron chi connectivity index (χ4n) is 2.23. The molecule has 2 aromatic carbocycles. The molecule has 2 N–H and O–H groups in total. The van der Waals surface area contributed by atoms with Gasteiger partial charge in [0.05, 0.1) is 0 Å². The first kappa shape index (κ1) is 18.3. The number of amides is 2. The SMILES string of the molecule is CC(NC(=O)NCc1cccc(Br)c1)Oc1ccc(C(C)C)cc1. The second-order valence-electron chi connectivity index (χ2n) is 5.94. The summed E-state index contributed by atoms with van der Waals surface area (Å²) in [4.78, 5) is 11.9. The second kappa shape index (κ2) is 8.73. The molecule has 24 heavy (non-hydrogen) atoms. The Morgan fingerprint density at radius 2 is 1.83 bits per heavy atom. The van der Waals surface area contributed by atoms with Gasteiger partial charge in [-0.05, 0) is 48.2 Å². The van der Waals surface area contributed by atoms with Gasteiger partial charge in [-0.1, -0.05) is 54.0 Å². The van der Waals surface area contributed by atoms with Crippen LogP contribution in [0.15, 0.2) is 53.0 Å². The number of urea groups is 1. The third-order valence-electron chi connectivity index (χ3n) is 3.54. The Balaban J connectivity index is 1.78. The van der Waals surface area contributed by atoms with Gasteiger partial charge in [-0.25, -0.2) is 4.79 Å². The number of nitrogens with one attached hydrogen (secondary N) is 2. The van der Waals surface area contributed by atoms with Crippen LogP contribution in [0.2, 0.25) is 0 Å². The third-order valence-corrected chi connectivity index (χ3v) is 4.03. The highest BCUT2D eigenvalue weighted by Gasteiger charge is 2.08. The van der Waals surface area contributed by atoms with E-state index in [1.165, 1.54) is 5.56 Å². The zero-order valence-electron chi connectivity index (χ0n) is 14.2. The molecule has 0 bridgehead atoms. The number of halogens is 1. The van der Waals surface area contributed by atoms with E-state index < -0.39 is 6.23 Å². The van der Waals surface area contributed by atoms with Crippen molar-refractivity contribution in [2.24, 2.45) is 0 Å². The smallest absolute Gasteiger partial charge is 0.317 e. The number of hydrogen-bond acceptors (Lipinski definition) is 2. The van der Waals surface area contributed by atoms with E-state index in [0.717, 1.165) is 15.8 Å². The van der Waals surface area contributed by atoms with Crippen molar-refractivity contribution < 1.29 is 9.53 Å². The molecule has 0 spiro atoms. The monoisotopic (exact) mass is 390 g/mol. The van der Waals surface area contributed by atoms with Crippen LogP contribution in [0.5, 0.6) is 5.75 Å². The topological polar surface area (TPSA) is 50.4 Å². The Morgan fingerprint density at radius 1 is 1.12 bits per heavy atom. The zero-order valence-corrected chi connectivity index (χ0v) is 15.8. The number of hydrogen-bond donors (Lipinski definition) is 2. The van der Waals surface area contributed by atoms with E-state index >= 15 is 0 Å². The van der Waals surface area contributed by atoms with Crippen molar-refractivity contribution in [1.82, 2.24) is 10.6 Å². The van der Waals surface area contributed by atoms with E-state index in [0.29, 0.717) is 12.5 Å². The minimum absolute atomic E-state index is 0.263. The molecule has 0 heterocycles. The van der Waals surface area contributed by atoms with Gasteiger partial charge in [-0.3, -0.25) is 0 Å². The molecule has 0 aromatic heterocycles. The lowest BCUT2D eigenvalue weighted by atomic mass is 10.0. The van der Waals surface area contributed by atoms with Crippen molar-refractivity contribution in [3.05, 3.63) is 64.1 Å². The molecule has 5 heteroatoms. The molecule has 0 aliphatic rings. The van der Waals surface area contributed by atoms with Gasteiger partial charge in [0.15, 0.2) is 6.23 Å². The quantitative estimate of drug-likeness (QED) is 0.696. The first-order valence-electron chi connectivity index (χ1n) is 7.99. The molecule has 128 valence electrons. The Morgan fingerprint density at radius 3 is 2.46 bits per heavy atom. The number of rotatable bonds is 6. The molecule has 4 nitrogen and oxygen atoms in total. The molecule has 0 aliphatic carbocycles. The van der Waals surface area contributed by atoms with E-state index in [-0.39, 0.29) is 6.03 Å². The van der Waals surface area contributed by atoms with Gasteiger partial charge in [0, 0.05) is 11.0 Å². The fourth-order valence-corrected chi connectivity index (χ4v) is 2.68. The molecule has 0 saturated heterocycles. The van der Waals surface area contributed by atoms with E-state index in [9.17, 15) is 4.79 Å². The van der Waals surface area contributed by atoms with Gasteiger partial charge in [0.1, 0.15) is 5.75 Å². The molecule has 2 rings (SSSR count). The fraction of sp³-hybridized carbons (Fsp3) is 0.316. The summed E-state index contributed by atoms with van der Waals surface area (Å²) in [6, 6.07) is 15.5. The molecule has 1 unspecified atom stereocenters. The summed E-state index contributed by atoms with van der Waals surface area (Å²) in [7, 11) is 0. The van der Waals surface area contributed by atoms with Crippen LogP contribution in [0, 0.1) is 0 Å².